The molecular weight excluding hydrogens is 340 g/mol. The van der Waals surface area contributed by atoms with Gasteiger partial charge in [-0.25, -0.2) is 4.68 Å². The van der Waals surface area contributed by atoms with E-state index in [-0.39, 0.29) is 23.4 Å². The molecule has 140 valence electrons. The van der Waals surface area contributed by atoms with Crippen LogP contribution in [0.25, 0.3) is 10.8 Å². The van der Waals surface area contributed by atoms with E-state index in [0.717, 1.165) is 10.9 Å². The Morgan fingerprint density at radius 1 is 1.11 bits per heavy atom. The van der Waals surface area contributed by atoms with E-state index in [1.807, 2.05) is 51.1 Å². The van der Waals surface area contributed by atoms with Gasteiger partial charge in [-0.05, 0) is 23.1 Å². The SMILES string of the molecule is CC(C)(C)CC(=O)NCc1nn(Cc2cccnc2)c(=O)c2ccccc12. The molecular formula is C21H24N4O2. The lowest BCUT2D eigenvalue weighted by Gasteiger charge is -2.17. The minimum absolute atomic E-state index is 0.0293. The molecule has 0 radical (unpaired) electrons. The number of nitrogens with zero attached hydrogens (tertiary/aromatic N) is 3. The number of carbonyl (C=O) groups excluding carboxylic acids is 1. The molecule has 0 spiro atoms. The van der Waals surface area contributed by atoms with Crippen LogP contribution in [0.5, 0.6) is 0 Å². The molecule has 1 N–H and O–H groups in total. The Morgan fingerprint density at radius 2 is 1.85 bits per heavy atom. The highest BCUT2D eigenvalue weighted by molar-refractivity contribution is 5.84. The third-order valence-corrected chi connectivity index (χ3v) is 4.14. The number of aromatic nitrogens is 3. The Labute approximate surface area is 158 Å². The molecule has 0 bridgehead atoms. The number of rotatable bonds is 5. The van der Waals surface area contributed by atoms with Crippen molar-refractivity contribution in [1.29, 1.82) is 0 Å². The number of hydrogen-bond acceptors (Lipinski definition) is 4. The Balaban J connectivity index is 1.93. The van der Waals surface area contributed by atoms with Gasteiger partial charge in [-0.15, -0.1) is 0 Å². The zero-order chi connectivity index (χ0) is 19.4. The normalized spacial score (nSPS) is 11.5. The second-order valence-corrected chi connectivity index (χ2v) is 7.83. The van der Waals surface area contributed by atoms with Crippen LogP contribution in [-0.4, -0.2) is 20.7 Å². The van der Waals surface area contributed by atoms with Crippen LogP contribution in [-0.2, 0) is 17.9 Å². The van der Waals surface area contributed by atoms with Crippen molar-refractivity contribution in [3.05, 3.63) is 70.4 Å². The van der Waals surface area contributed by atoms with Gasteiger partial charge in [-0.3, -0.25) is 14.6 Å². The number of pyridine rings is 1. The number of carbonyl (C=O) groups is 1. The molecule has 0 atom stereocenters. The summed E-state index contributed by atoms with van der Waals surface area (Å²) in [6.45, 7) is 6.68. The van der Waals surface area contributed by atoms with Crippen LogP contribution in [0, 0.1) is 5.41 Å². The Kier molecular flexibility index (Phi) is 5.35. The molecule has 0 saturated heterocycles. The van der Waals surface area contributed by atoms with Crippen molar-refractivity contribution in [3.8, 4) is 0 Å². The van der Waals surface area contributed by atoms with E-state index < -0.39 is 0 Å². The molecule has 0 aliphatic heterocycles. The Bertz CT molecular complexity index is 1000. The summed E-state index contributed by atoms with van der Waals surface area (Å²) in [6, 6.07) is 11.1. The summed E-state index contributed by atoms with van der Waals surface area (Å²) in [5.41, 5.74) is 1.33. The van der Waals surface area contributed by atoms with E-state index in [0.29, 0.717) is 24.0 Å². The van der Waals surface area contributed by atoms with Gasteiger partial charge < -0.3 is 5.32 Å². The van der Waals surface area contributed by atoms with Crippen molar-refractivity contribution in [1.82, 2.24) is 20.1 Å². The first-order chi connectivity index (χ1) is 12.8. The summed E-state index contributed by atoms with van der Waals surface area (Å²) in [5, 5.41) is 8.81. The van der Waals surface area contributed by atoms with Crippen LogP contribution in [0.1, 0.15) is 38.4 Å². The lowest BCUT2D eigenvalue weighted by molar-refractivity contribution is -0.122. The molecule has 6 nitrogen and oxygen atoms in total. The van der Waals surface area contributed by atoms with Crippen LogP contribution in [0.3, 0.4) is 0 Å². The van der Waals surface area contributed by atoms with Crippen molar-refractivity contribution in [3.63, 3.8) is 0 Å². The molecule has 0 unspecified atom stereocenters. The fraction of sp³-hybridized carbons (Fsp3) is 0.333. The summed E-state index contributed by atoms with van der Waals surface area (Å²) in [4.78, 5) is 29.1. The first kappa shape index (κ1) is 18.8. The van der Waals surface area contributed by atoms with Crippen molar-refractivity contribution in [2.45, 2.75) is 40.3 Å². The molecule has 0 saturated carbocycles. The molecule has 3 aromatic rings. The van der Waals surface area contributed by atoms with Crippen LogP contribution in [0.4, 0.5) is 0 Å². The molecule has 0 aliphatic rings. The largest absolute Gasteiger partial charge is 0.350 e. The van der Waals surface area contributed by atoms with Crippen LogP contribution in [0.2, 0.25) is 0 Å². The highest BCUT2D eigenvalue weighted by Crippen LogP contribution is 2.18. The third-order valence-electron chi connectivity index (χ3n) is 4.14. The zero-order valence-electron chi connectivity index (χ0n) is 15.9. The molecule has 2 aromatic heterocycles. The van der Waals surface area contributed by atoms with Crippen molar-refractivity contribution in [2.75, 3.05) is 0 Å². The van der Waals surface area contributed by atoms with E-state index in [1.165, 1.54) is 4.68 Å². The van der Waals surface area contributed by atoms with Gasteiger partial charge in [0.05, 0.1) is 24.2 Å². The first-order valence-corrected chi connectivity index (χ1v) is 8.98. The second-order valence-electron chi connectivity index (χ2n) is 7.83. The summed E-state index contributed by atoms with van der Waals surface area (Å²) in [7, 11) is 0. The van der Waals surface area contributed by atoms with Crippen LogP contribution >= 0.6 is 0 Å². The van der Waals surface area contributed by atoms with E-state index >= 15 is 0 Å². The van der Waals surface area contributed by atoms with Gasteiger partial charge in [0.25, 0.3) is 5.56 Å². The maximum Gasteiger partial charge on any atom is 0.274 e. The summed E-state index contributed by atoms with van der Waals surface area (Å²) in [5.74, 6) is -0.0293. The number of hydrogen-bond donors (Lipinski definition) is 1. The predicted molar refractivity (Wildman–Crippen MR) is 105 cm³/mol. The van der Waals surface area contributed by atoms with E-state index in [2.05, 4.69) is 15.4 Å². The van der Waals surface area contributed by atoms with Gasteiger partial charge in [0.1, 0.15) is 0 Å². The second kappa shape index (κ2) is 7.70. The van der Waals surface area contributed by atoms with Crippen molar-refractivity contribution < 1.29 is 4.79 Å². The van der Waals surface area contributed by atoms with Gasteiger partial charge in [-0.2, -0.15) is 5.10 Å². The van der Waals surface area contributed by atoms with Gasteiger partial charge in [-0.1, -0.05) is 45.0 Å². The average molecular weight is 364 g/mol. The minimum Gasteiger partial charge on any atom is -0.350 e. The number of amides is 1. The molecule has 27 heavy (non-hydrogen) atoms. The van der Waals surface area contributed by atoms with E-state index in [9.17, 15) is 9.59 Å². The van der Waals surface area contributed by atoms with E-state index in [4.69, 9.17) is 0 Å². The van der Waals surface area contributed by atoms with Crippen molar-refractivity contribution >= 4 is 16.7 Å². The molecule has 6 heteroatoms. The van der Waals surface area contributed by atoms with Gasteiger partial charge in [0, 0.05) is 24.2 Å². The standard InChI is InChI=1S/C21H24N4O2/c1-21(2,3)11-19(26)23-13-18-16-8-4-5-9-17(16)20(27)25(24-18)14-15-7-6-10-22-12-15/h4-10,12H,11,13-14H2,1-3H3,(H,23,26). The topological polar surface area (TPSA) is 76.9 Å². The Morgan fingerprint density at radius 3 is 2.52 bits per heavy atom. The van der Waals surface area contributed by atoms with Gasteiger partial charge in [0.15, 0.2) is 0 Å². The lowest BCUT2D eigenvalue weighted by atomic mass is 9.92. The first-order valence-electron chi connectivity index (χ1n) is 8.98. The highest BCUT2D eigenvalue weighted by atomic mass is 16.1. The smallest absolute Gasteiger partial charge is 0.274 e. The molecule has 0 fully saturated rings. The van der Waals surface area contributed by atoms with Crippen molar-refractivity contribution in [2.24, 2.45) is 5.41 Å². The lowest BCUT2D eigenvalue weighted by Crippen LogP contribution is -2.30. The fourth-order valence-corrected chi connectivity index (χ4v) is 2.93. The predicted octanol–water partition coefficient (Wildman–Crippen LogP) is 2.89. The van der Waals surface area contributed by atoms with Gasteiger partial charge in [0.2, 0.25) is 5.91 Å². The summed E-state index contributed by atoms with van der Waals surface area (Å²) >= 11 is 0. The molecule has 0 aliphatic carbocycles. The number of nitrogens with one attached hydrogen (secondary N) is 1. The maximum atomic E-state index is 12.8. The van der Waals surface area contributed by atoms with Crippen LogP contribution in [0.15, 0.2) is 53.6 Å². The molecule has 1 amide bonds. The molecule has 3 rings (SSSR count). The third kappa shape index (κ3) is 4.78. The summed E-state index contributed by atoms with van der Waals surface area (Å²) < 4.78 is 1.44. The van der Waals surface area contributed by atoms with Gasteiger partial charge >= 0.3 is 0 Å². The highest BCUT2D eigenvalue weighted by Gasteiger charge is 2.17. The zero-order valence-corrected chi connectivity index (χ0v) is 15.9. The molecule has 1 aromatic carbocycles. The average Bonchev–Trinajstić information content (AvgIpc) is 2.62. The Hall–Kier alpha value is -3.02. The number of benzene rings is 1. The summed E-state index contributed by atoms with van der Waals surface area (Å²) in [6.07, 6.45) is 3.84. The minimum atomic E-state index is -0.153. The van der Waals surface area contributed by atoms with E-state index in [1.54, 1.807) is 18.5 Å². The number of fused-ring (bicyclic) bond motifs is 1. The quantitative estimate of drug-likeness (QED) is 0.755. The monoisotopic (exact) mass is 364 g/mol. The maximum absolute atomic E-state index is 12.8. The molecule has 2 heterocycles. The fourth-order valence-electron chi connectivity index (χ4n) is 2.93. The van der Waals surface area contributed by atoms with Crippen LogP contribution < -0.4 is 10.9 Å².